The maximum Gasteiger partial charge on any atom is 0.297 e. The van der Waals surface area contributed by atoms with Crippen molar-refractivity contribution >= 4 is 20.2 Å². The molecule has 796 valence electrons. The third-order valence-electron chi connectivity index (χ3n) is 16.9. The molecule has 4 aromatic carbocycles. The van der Waals surface area contributed by atoms with Crippen molar-refractivity contribution in [2.75, 3.05) is 410 Å². The van der Waals surface area contributed by atoms with Crippen molar-refractivity contribution < 1.29 is 177 Å². The van der Waals surface area contributed by atoms with Gasteiger partial charge in [0.1, 0.15) is 74.1 Å². The van der Waals surface area contributed by atoms with E-state index in [1.807, 2.05) is 27.7 Å². The summed E-state index contributed by atoms with van der Waals surface area (Å²) in [5.74, 6) is 3.28. The molecule has 46 heteroatoms. The van der Waals surface area contributed by atoms with Crippen LogP contribution in [0, 0.1) is 13.8 Å². The summed E-state index contributed by atoms with van der Waals surface area (Å²) in [6.45, 7) is 31.4. The first-order valence-electron chi connectivity index (χ1n) is 45.9. The van der Waals surface area contributed by atoms with E-state index in [2.05, 4.69) is 20.1 Å². The Morgan fingerprint density at radius 1 is 0.210 bits per heavy atom. The molecular weight excluding hydrogens is 1860 g/mol. The molecule has 0 unspecified atom stereocenters. The summed E-state index contributed by atoms with van der Waals surface area (Å²) < 4.78 is 237. The molecule has 4 aromatic rings. The number of aryl methyl sites for hydroxylation is 2. The highest BCUT2D eigenvalue weighted by Crippen LogP contribution is 2.30. The van der Waals surface area contributed by atoms with Crippen LogP contribution in [-0.4, -0.2) is 426 Å². The van der Waals surface area contributed by atoms with Crippen LogP contribution in [0.2, 0.25) is 0 Å². The minimum Gasteiger partial charge on any atom is -0.491 e. The molecule has 0 fully saturated rings. The van der Waals surface area contributed by atoms with E-state index >= 15 is 0 Å². The van der Waals surface area contributed by atoms with Crippen molar-refractivity contribution in [3.63, 3.8) is 0 Å². The van der Waals surface area contributed by atoms with Gasteiger partial charge in [-0.15, -0.1) is 0 Å². The number of nitrogens with zero attached hydrogens (tertiary/aromatic N) is 6. The van der Waals surface area contributed by atoms with Gasteiger partial charge in [-0.3, -0.25) is 8.37 Å². The molecule has 0 saturated heterocycles. The average Bonchev–Trinajstić information content (AvgIpc) is 0.833. The Bertz CT molecular complexity index is 3500. The number of benzene rings is 4. The molecule has 44 nitrogen and oxygen atoms in total. The van der Waals surface area contributed by atoms with Crippen molar-refractivity contribution in [3.8, 4) is 34.5 Å². The zero-order valence-electron chi connectivity index (χ0n) is 79.9. The zero-order valence-corrected chi connectivity index (χ0v) is 81.6. The minimum atomic E-state index is -3.82. The molecule has 0 N–H and O–H groups in total. The van der Waals surface area contributed by atoms with Gasteiger partial charge in [0.05, 0.1) is 353 Å². The topological polar surface area (TPSA) is 480 Å². The van der Waals surface area contributed by atoms with Crippen molar-refractivity contribution in [2.24, 2.45) is 10.2 Å². The smallest absolute Gasteiger partial charge is 0.297 e. The van der Waals surface area contributed by atoms with Gasteiger partial charge in [0.2, 0.25) is 0 Å². The molecular formula is C92H158N6O38S2. The minimum absolute atomic E-state index is 0. The first-order chi connectivity index (χ1) is 66.9. The summed E-state index contributed by atoms with van der Waals surface area (Å²) in [4.78, 5) is 5.54. The van der Waals surface area contributed by atoms with Gasteiger partial charge in [0.15, 0.2) is 0 Å². The van der Waals surface area contributed by atoms with E-state index in [9.17, 15) is 16.8 Å². The van der Waals surface area contributed by atoms with Crippen LogP contribution < -0.4 is 28.4 Å². The van der Waals surface area contributed by atoms with Crippen molar-refractivity contribution in [2.45, 2.75) is 52.3 Å². The fourth-order valence-electron chi connectivity index (χ4n) is 10.2. The van der Waals surface area contributed by atoms with Gasteiger partial charge in [-0.25, -0.2) is 0 Å². The number of ether oxygens (including phenoxy) is 32. The largest absolute Gasteiger partial charge is 0.491 e. The molecule has 0 radical (unpaired) electrons. The Morgan fingerprint density at radius 3 is 0.500 bits per heavy atom. The fraction of sp³-hybridized carbons (Fsp3) is 0.739. The van der Waals surface area contributed by atoms with E-state index in [0.717, 1.165) is 11.1 Å². The molecule has 0 aliphatic rings. The second kappa shape index (κ2) is 97.5. The standard InChI is InChI=1S/C52H82O22S2.C38H68N6O16.2CH4/c1-4-57-13-14-58-15-16-59-17-18-60-23-28-65-33-38-70-48-43-49(71-39-34-66-29-24-61-19-21-63-26-31-68-36-41-73-75(53,54)51-9-5-46(2)6-10-51)45-50(44-48)72-40-35-67-30-25-62-20-22-64-27-32-69-37-42-74-76(55,56)52-11-7-47(3)8-12-52;1-2-45-7-8-48-13-14-51-19-20-54-23-26-57-29-32-60-38-34-36(58-30-27-55-24-21-52-17-15-49-11-9-46-5-3-41-43-39)33-37(35-38)59-31-28-56-25-22-53-18-16-50-12-10-47-6-4-42-44-40;;/h5-12,43-45H,4,13-42H2,1-3H3;33-35H,2-32H2,1H3;2*1H4. The van der Waals surface area contributed by atoms with Gasteiger partial charge in [-0.05, 0) is 63.0 Å². The third kappa shape index (κ3) is 81.6. The van der Waals surface area contributed by atoms with Gasteiger partial charge in [0.25, 0.3) is 20.2 Å². The summed E-state index contributed by atoms with van der Waals surface area (Å²) in [5, 5.41) is 6.78. The predicted octanol–water partition coefficient (Wildman–Crippen LogP) is 9.44. The summed E-state index contributed by atoms with van der Waals surface area (Å²) in [5.41, 5.74) is 18.4. The van der Waals surface area contributed by atoms with Crippen LogP contribution in [0.15, 0.2) is 105 Å². The summed E-state index contributed by atoms with van der Waals surface area (Å²) in [6, 6.07) is 23.5. The van der Waals surface area contributed by atoms with Crippen LogP contribution in [-0.2, 0) is 152 Å². The lowest BCUT2D eigenvalue weighted by Gasteiger charge is -2.14. The Morgan fingerprint density at radius 2 is 0.348 bits per heavy atom. The van der Waals surface area contributed by atoms with E-state index in [1.54, 1.807) is 60.7 Å². The van der Waals surface area contributed by atoms with Crippen molar-refractivity contribution in [3.05, 3.63) is 117 Å². The summed E-state index contributed by atoms with van der Waals surface area (Å²) >= 11 is 0. The molecule has 0 saturated carbocycles. The second-order valence-electron chi connectivity index (χ2n) is 27.5. The van der Waals surface area contributed by atoms with Gasteiger partial charge in [-0.1, -0.05) is 60.5 Å². The van der Waals surface area contributed by atoms with Gasteiger partial charge >= 0.3 is 0 Å². The molecule has 0 aliphatic carbocycles. The molecule has 4 rings (SSSR count). The van der Waals surface area contributed by atoms with Crippen molar-refractivity contribution in [1.82, 2.24) is 0 Å². The molecule has 0 aromatic heterocycles. The lowest BCUT2D eigenvalue weighted by atomic mass is 10.2. The van der Waals surface area contributed by atoms with Gasteiger partial charge in [0, 0.05) is 72.5 Å². The lowest BCUT2D eigenvalue weighted by molar-refractivity contribution is -0.0120. The van der Waals surface area contributed by atoms with Gasteiger partial charge < -0.3 is 152 Å². The first kappa shape index (κ1) is 129. The van der Waals surface area contributed by atoms with Crippen LogP contribution in [0.5, 0.6) is 34.5 Å². The molecule has 138 heavy (non-hydrogen) atoms. The Balaban J connectivity index is 0.00000140. The van der Waals surface area contributed by atoms with Crippen LogP contribution in [0.4, 0.5) is 0 Å². The zero-order chi connectivity index (χ0) is 97.4. The number of hydrogen-bond acceptors (Lipinski definition) is 40. The van der Waals surface area contributed by atoms with E-state index in [0.29, 0.717) is 385 Å². The highest BCUT2D eigenvalue weighted by atomic mass is 32.2. The van der Waals surface area contributed by atoms with Crippen LogP contribution in [0.25, 0.3) is 20.9 Å². The maximum absolute atomic E-state index is 12.2. The van der Waals surface area contributed by atoms with Crippen LogP contribution >= 0.6 is 0 Å². The lowest BCUT2D eigenvalue weighted by Crippen LogP contribution is -2.15. The van der Waals surface area contributed by atoms with Crippen LogP contribution in [0.3, 0.4) is 0 Å². The van der Waals surface area contributed by atoms with E-state index in [4.69, 9.17) is 171 Å². The van der Waals surface area contributed by atoms with E-state index in [-0.39, 0.29) is 84.1 Å². The third-order valence-corrected chi connectivity index (χ3v) is 19.5. The molecule has 0 spiro atoms. The summed E-state index contributed by atoms with van der Waals surface area (Å²) in [7, 11) is -7.65. The molecule has 0 atom stereocenters. The monoisotopic (exact) mass is 2020 g/mol. The van der Waals surface area contributed by atoms with E-state index in [1.165, 1.54) is 24.3 Å². The predicted molar refractivity (Wildman–Crippen MR) is 509 cm³/mol. The highest BCUT2D eigenvalue weighted by Gasteiger charge is 2.17. The van der Waals surface area contributed by atoms with Gasteiger partial charge in [-0.2, -0.15) is 16.8 Å². The molecule has 0 amide bonds. The maximum atomic E-state index is 12.2. The Hall–Kier alpha value is -6.92. The molecule has 0 heterocycles. The first-order valence-corrected chi connectivity index (χ1v) is 48.7. The molecule has 0 bridgehead atoms. The number of azide groups is 2. The summed E-state index contributed by atoms with van der Waals surface area (Å²) in [6.07, 6.45) is 0. The normalized spacial score (nSPS) is 11.3. The number of hydrogen-bond donors (Lipinski definition) is 0. The average molecular weight is 2020 g/mol. The van der Waals surface area contributed by atoms with Crippen LogP contribution in [0.1, 0.15) is 39.8 Å². The quantitative estimate of drug-likeness (QED) is 0.0130. The van der Waals surface area contributed by atoms with E-state index < -0.39 is 20.2 Å². The molecule has 0 aliphatic heterocycles. The number of rotatable bonds is 102. The fourth-order valence-corrected chi connectivity index (χ4v) is 12.0. The second-order valence-corrected chi connectivity index (χ2v) is 30.8. The SMILES string of the molecule is C.C.CCOCCOCCOCCOCCOCCOc1cc(OCCOCCOCCOCCOCCN=[N+]=[N-])cc(OCCOCCOCCOCCOCCN=[N+]=[N-])c1.CCOCCOCCOCCOCCOCCOc1cc(OCCOCCOCCOCCOCCOS(=O)(=O)c2ccc(C)cc2)cc(OCCOCCOCCOCCOCCOS(=O)(=O)c2ccc(C)cc2)c1. The van der Waals surface area contributed by atoms with Crippen molar-refractivity contribution in [1.29, 1.82) is 0 Å². The highest BCUT2D eigenvalue weighted by molar-refractivity contribution is 7.87. The Kier molecular flexibility index (Phi) is 91.2. The Labute approximate surface area is 816 Å².